The maximum Gasteiger partial charge on any atom is 0.262 e. The lowest BCUT2D eigenvalue weighted by Gasteiger charge is -2.13. The Morgan fingerprint density at radius 2 is 1.97 bits per heavy atom. The van der Waals surface area contributed by atoms with Gasteiger partial charge in [0.2, 0.25) is 17.6 Å². The Morgan fingerprint density at radius 1 is 1.18 bits per heavy atom. The molecule has 0 aliphatic heterocycles. The molecule has 0 radical (unpaired) electrons. The highest BCUT2D eigenvalue weighted by molar-refractivity contribution is 7.99. The molecule has 1 aliphatic carbocycles. The number of hydrogen-bond donors (Lipinski definition) is 2. The van der Waals surface area contributed by atoms with E-state index in [1.165, 1.54) is 16.3 Å². The zero-order chi connectivity index (χ0) is 23.9. The van der Waals surface area contributed by atoms with E-state index in [0.29, 0.717) is 35.0 Å². The number of nitrogens with one attached hydrogen (secondary N) is 2. The van der Waals surface area contributed by atoms with Gasteiger partial charge in [-0.2, -0.15) is 0 Å². The van der Waals surface area contributed by atoms with Crippen molar-refractivity contribution in [2.45, 2.75) is 56.3 Å². The molecule has 34 heavy (non-hydrogen) atoms. The van der Waals surface area contributed by atoms with Crippen molar-refractivity contribution in [3.8, 4) is 0 Å². The van der Waals surface area contributed by atoms with E-state index in [0.717, 1.165) is 32.1 Å². The largest absolute Gasteiger partial charge is 0.385 e. The predicted molar refractivity (Wildman–Crippen MR) is 130 cm³/mol. The minimum atomic E-state index is -0.211. The normalized spacial score (nSPS) is 14.1. The Labute approximate surface area is 201 Å². The summed E-state index contributed by atoms with van der Waals surface area (Å²) in [5, 5.41) is 15.4. The van der Waals surface area contributed by atoms with E-state index in [1.807, 2.05) is 12.1 Å². The number of amides is 2. The van der Waals surface area contributed by atoms with E-state index in [2.05, 4.69) is 20.8 Å². The third-order valence-corrected chi connectivity index (χ3v) is 6.87. The summed E-state index contributed by atoms with van der Waals surface area (Å²) in [6, 6.07) is 7.47. The summed E-state index contributed by atoms with van der Waals surface area (Å²) in [6.07, 6.45) is 5.23. The van der Waals surface area contributed by atoms with E-state index >= 15 is 0 Å². The van der Waals surface area contributed by atoms with Crippen molar-refractivity contribution in [3.05, 3.63) is 34.6 Å². The van der Waals surface area contributed by atoms with Crippen LogP contribution in [0, 0.1) is 0 Å². The molecule has 1 saturated carbocycles. The van der Waals surface area contributed by atoms with Crippen LogP contribution in [-0.4, -0.2) is 63.0 Å². The molecule has 4 rings (SSSR count). The SMILES string of the molecule is COCCCNC(=O)CSc1nnc2n(CCC(=O)NC3CCCC3)c(=O)c3ccccc3n12. The first-order chi connectivity index (χ1) is 16.6. The van der Waals surface area contributed by atoms with Gasteiger partial charge in [-0.3, -0.25) is 23.4 Å². The van der Waals surface area contributed by atoms with Crippen molar-refractivity contribution in [3.63, 3.8) is 0 Å². The summed E-state index contributed by atoms with van der Waals surface area (Å²) >= 11 is 1.25. The van der Waals surface area contributed by atoms with Crippen LogP contribution < -0.4 is 16.2 Å². The Bertz CT molecular complexity index is 1220. The van der Waals surface area contributed by atoms with Crippen LogP contribution in [0.1, 0.15) is 38.5 Å². The Balaban J connectivity index is 1.54. The number of carbonyl (C=O) groups excluding carboxylic acids is 2. The second kappa shape index (κ2) is 11.5. The number of methoxy groups -OCH3 is 1. The molecule has 0 unspecified atom stereocenters. The number of carbonyl (C=O) groups is 2. The molecule has 3 aromatic rings. The molecule has 2 N–H and O–H groups in total. The fourth-order valence-corrected chi connectivity index (χ4v) is 5.01. The second-order valence-corrected chi connectivity index (χ2v) is 9.32. The number of nitrogens with zero attached hydrogens (tertiary/aromatic N) is 4. The minimum absolute atomic E-state index is 0.0654. The predicted octanol–water partition coefficient (Wildman–Crippen LogP) is 1.74. The van der Waals surface area contributed by atoms with Crippen molar-refractivity contribution in [1.82, 2.24) is 29.8 Å². The lowest BCUT2D eigenvalue weighted by molar-refractivity contribution is -0.122. The Kier molecular flexibility index (Phi) is 8.17. The molecule has 0 bridgehead atoms. The monoisotopic (exact) mass is 486 g/mol. The fraction of sp³-hybridized carbons (Fsp3) is 0.522. The summed E-state index contributed by atoms with van der Waals surface area (Å²) in [6.45, 7) is 1.33. The van der Waals surface area contributed by atoms with Crippen molar-refractivity contribution in [2.75, 3.05) is 26.0 Å². The van der Waals surface area contributed by atoms with E-state index < -0.39 is 0 Å². The molecular formula is C23H30N6O4S. The third kappa shape index (κ3) is 5.58. The van der Waals surface area contributed by atoms with Crippen molar-refractivity contribution in [1.29, 1.82) is 0 Å². The summed E-state index contributed by atoms with van der Waals surface area (Å²) in [5.41, 5.74) is 0.457. The summed E-state index contributed by atoms with van der Waals surface area (Å²) in [4.78, 5) is 37.9. The average molecular weight is 487 g/mol. The zero-order valence-electron chi connectivity index (χ0n) is 19.3. The standard InChI is InChI=1S/C23H30N6O4S/c1-33-14-6-12-24-20(31)15-34-23-27-26-22-28(13-11-19(30)25-16-7-2-3-8-16)21(32)17-9-4-5-10-18(17)29(22)23/h4-5,9-10,16H,2-3,6-8,11-15H2,1H3,(H,24,31)(H,25,30). The average Bonchev–Trinajstić information content (AvgIpc) is 3.50. The van der Waals surface area contributed by atoms with Gasteiger partial charge in [0.15, 0.2) is 5.16 Å². The highest BCUT2D eigenvalue weighted by Crippen LogP contribution is 2.22. The molecule has 182 valence electrons. The lowest BCUT2D eigenvalue weighted by Crippen LogP contribution is -2.34. The van der Waals surface area contributed by atoms with Gasteiger partial charge in [-0.15, -0.1) is 10.2 Å². The van der Waals surface area contributed by atoms with Gasteiger partial charge in [0.1, 0.15) is 0 Å². The van der Waals surface area contributed by atoms with Crippen LogP contribution in [0.15, 0.2) is 34.2 Å². The smallest absolute Gasteiger partial charge is 0.262 e. The van der Waals surface area contributed by atoms with Gasteiger partial charge in [0.05, 0.1) is 16.7 Å². The molecule has 2 amide bonds. The van der Waals surface area contributed by atoms with Crippen LogP contribution in [0.4, 0.5) is 0 Å². The van der Waals surface area contributed by atoms with E-state index in [-0.39, 0.29) is 42.1 Å². The number of ether oxygens (including phenoxy) is 1. The topological polar surface area (TPSA) is 120 Å². The van der Waals surface area contributed by atoms with Gasteiger partial charge in [-0.05, 0) is 31.4 Å². The molecule has 1 aromatic carbocycles. The number of fused-ring (bicyclic) bond motifs is 3. The number of thioether (sulfide) groups is 1. The van der Waals surface area contributed by atoms with Crippen LogP contribution in [0.5, 0.6) is 0 Å². The zero-order valence-corrected chi connectivity index (χ0v) is 20.1. The number of rotatable bonds is 11. The van der Waals surface area contributed by atoms with Gasteiger partial charge in [0, 0.05) is 39.3 Å². The van der Waals surface area contributed by atoms with Gasteiger partial charge in [-0.1, -0.05) is 36.7 Å². The molecular weight excluding hydrogens is 456 g/mol. The molecule has 2 aromatic heterocycles. The van der Waals surface area contributed by atoms with Crippen LogP contribution in [0.25, 0.3) is 16.7 Å². The van der Waals surface area contributed by atoms with Gasteiger partial charge >= 0.3 is 0 Å². The number of benzene rings is 1. The molecule has 11 heteroatoms. The maximum atomic E-state index is 13.2. The molecule has 1 aliphatic rings. The maximum absolute atomic E-state index is 13.2. The molecule has 2 heterocycles. The van der Waals surface area contributed by atoms with Crippen molar-refractivity contribution >= 4 is 40.3 Å². The summed E-state index contributed by atoms with van der Waals surface area (Å²) in [7, 11) is 1.63. The van der Waals surface area contributed by atoms with Gasteiger partial charge in [0.25, 0.3) is 5.56 Å². The van der Waals surface area contributed by atoms with E-state index in [4.69, 9.17) is 4.74 Å². The molecule has 1 fully saturated rings. The fourth-order valence-electron chi connectivity index (χ4n) is 4.24. The summed E-state index contributed by atoms with van der Waals surface area (Å²) in [5.74, 6) is 0.356. The molecule has 10 nitrogen and oxygen atoms in total. The van der Waals surface area contributed by atoms with Gasteiger partial charge < -0.3 is 15.4 Å². The molecule has 0 saturated heterocycles. The third-order valence-electron chi connectivity index (χ3n) is 5.94. The number of para-hydroxylation sites is 1. The van der Waals surface area contributed by atoms with Crippen LogP contribution in [-0.2, 0) is 20.9 Å². The first-order valence-electron chi connectivity index (χ1n) is 11.6. The Morgan fingerprint density at radius 3 is 2.76 bits per heavy atom. The lowest BCUT2D eigenvalue weighted by atomic mass is 10.2. The van der Waals surface area contributed by atoms with Crippen LogP contribution in [0.2, 0.25) is 0 Å². The molecule has 0 atom stereocenters. The van der Waals surface area contributed by atoms with E-state index in [9.17, 15) is 14.4 Å². The minimum Gasteiger partial charge on any atom is -0.385 e. The quantitative estimate of drug-likeness (QED) is 0.313. The highest BCUT2D eigenvalue weighted by Gasteiger charge is 2.20. The number of hydrogen-bond acceptors (Lipinski definition) is 7. The number of aromatic nitrogens is 4. The second-order valence-electron chi connectivity index (χ2n) is 8.38. The summed E-state index contributed by atoms with van der Waals surface area (Å²) < 4.78 is 8.27. The van der Waals surface area contributed by atoms with Gasteiger partial charge in [-0.25, -0.2) is 0 Å². The molecule has 0 spiro atoms. The first-order valence-corrected chi connectivity index (χ1v) is 12.6. The number of aryl methyl sites for hydroxylation is 1. The van der Waals surface area contributed by atoms with Crippen molar-refractivity contribution < 1.29 is 14.3 Å². The van der Waals surface area contributed by atoms with Crippen LogP contribution in [0.3, 0.4) is 0 Å². The van der Waals surface area contributed by atoms with Crippen LogP contribution >= 0.6 is 11.8 Å². The van der Waals surface area contributed by atoms with E-state index in [1.54, 1.807) is 23.6 Å². The van der Waals surface area contributed by atoms with Crippen molar-refractivity contribution in [2.24, 2.45) is 0 Å². The first kappa shape index (κ1) is 24.2. The highest BCUT2D eigenvalue weighted by atomic mass is 32.2. The Hall–Kier alpha value is -2.92.